The van der Waals surface area contributed by atoms with Crippen LogP contribution in [0.15, 0.2) is 14.9 Å². The maximum absolute atomic E-state index is 10.5. The van der Waals surface area contributed by atoms with Crippen molar-refractivity contribution in [1.82, 2.24) is 15.2 Å². The van der Waals surface area contributed by atoms with E-state index in [2.05, 4.69) is 27.4 Å². The third-order valence-electron chi connectivity index (χ3n) is 2.04. The quantitative estimate of drug-likeness (QED) is 0.476. The van der Waals surface area contributed by atoms with E-state index in [1.807, 2.05) is 0 Å². The van der Waals surface area contributed by atoms with Gasteiger partial charge in [0.1, 0.15) is 6.20 Å². The predicted octanol–water partition coefficient (Wildman–Crippen LogP) is 3.27. The van der Waals surface area contributed by atoms with Gasteiger partial charge in [0.15, 0.2) is 8.68 Å². The Morgan fingerprint density at radius 2 is 2.26 bits per heavy atom. The maximum Gasteiger partial charge on any atom is 0.344 e. The van der Waals surface area contributed by atoms with Crippen molar-refractivity contribution in [2.75, 3.05) is 11.9 Å². The van der Waals surface area contributed by atoms with Crippen molar-refractivity contribution in [2.45, 2.75) is 28.4 Å². The molecule has 19 heavy (non-hydrogen) atoms. The van der Waals surface area contributed by atoms with Crippen LogP contribution in [0, 0.1) is 10.1 Å². The lowest BCUT2D eigenvalue weighted by Gasteiger charge is -1.97. The lowest BCUT2D eigenvalue weighted by atomic mass is 10.3. The van der Waals surface area contributed by atoms with Crippen molar-refractivity contribution in [1.29, 1.82) is 0 Å². The number of aromatic nitrogens is 3. The van der Waals surface area contributed by atoms with Crippen LogP contribution in [-0.2, 0) is 0 Å². The van der Waals surface area contributed by atoms with Crippen LogP contribution >= 0.6 is 34.4 Å². The van der Waals surface area contributed by atoms with Gasteiger partial charge in [0.05, 0.1) is 4.92 Å². The number of nitro groups is 1. The maximum atomic E-state index is 10.5. The van der Waals surface area contributed by atoms with Crippen molar-refractivity contribution >= 4 is 44.6 Å². The van der Waals surface area contributed by atoms with Gasteiger partial charge in [-0.25, -0.2) is 4.98 Å². The fourth-order valence-corrected chi connectivity index (χ4v) is 3.91. The number of hydrogen-bond donors (Lipinski definition) is 1. The Bertz CT molecular complexity index is 556. The van der Waals surface area contributed by atoms with Crippen molar-refractivity contribution in [2.24, 2.45) is 0 Å². The lowest BCUT2D eigenvalue weighted by molar-refractivity contribution is -0.380. The minimum absolute atomic E-state index is 0.0355. The number of hydrogen-bond acceptors (Lipinski definition) is 9. The minimum atomic E-state index is -0.445. The van der Waals surface area contributed by atoms with Crippen LogP contribution in [0.5, 0.6) is 0 Å². The average Bonchev–Trinajstić information content (AvgIpc) is 3.00. The van der Waals surface area contributed by atoms with Gasteiger partial charge in [0.25, 0.3) is 0 Å². The summed E-state index contributed by atoms with van der Waals surface area (Å²) in [5.74, 6) is 0. The number of thiazole rings is 1. The van der Waals surface area contributed by atoms with Gasteiger partial charge in [-0.15, -0.1) is 10.2 Å². The van der Waals surface area contributed by atoms with Gasteiger partial charge >= 0.3 is 5.00 Å². The Labute approximate surface area is 121 Å². The molecule has 0 saturated heterocycles. The molecule has 1 N–H and O–H groups in total. The molecule has 10 heteroatoms. The highest BCUT2D eigenvalue weighted by Crippen LogP contribution is 2.36. The molecule has 102 valence electrons. The summed E-state index contributed by atoms with van der Waals surface area (Å²) in [4.78, 5) is 14.1. The van der Waals surface area contributed by atoms with Crippen LogP contribution in [-0.4, -0.2) is 26.6 Å². The third kappa shape index (κ3) is 4.11. The molecular formula is C9H11N5O2S3. The molecule has 0 unspecified atom stereocenters. The van der Waals surface area contributed by atoms with E-state index in [-0.39, 0.29) is 5.00 Å². The number of nitrogens with one attached hydrogen (secondary N) is 1. The van der Waals surface area contributed by atoms with Crippen LogP contribution in [0.3, 0.4) is 0 Å². The Balaban J connectivity index is 1.93. The summed E-state index contributed by atoms with van der Waals surface area (Å²) in [5, 5.41) is 22.5. The molecule has 0 fully saturated rings. The van der Waals surface area contributed by atoms with Gasteiger partial charge in [0.2, 0.25) is 5.13 Å². The average molecular weight is 317 g/mol. The largest absolute Gasteiger partial charge is 0.360 e. The minimum Gasteiger partial charge on any atom is -0.360 e. The number of rotatable bonds is 7. The van der Waals surface area contributed by atoms with E-state index >= 15 is 0 Å². The molecule has 7 nitrogen and oxygen atoms in total. The van der Waals surface area contributed by atoms with E-state index in [0.29, 0.717) is 4.34 Å². The Hall–Kier alpha value is -1.26. The van der Waals surface area contributed by atoms with Crippen molar-refractivity contribution in [3.05, 3.63) is 16.3 Å². The molecule has 0 atom stereocenters. The predicted molar refractivity (Wildman–Crippen MR) is 76.2 cm³/mol. The topological polar surface area (TPSA) is 93.8 Å². The standard InChI is InChI=1S/C9H11N5O2S3/c1-2-3-4-10-7-12-13-9(18-7)19-8-11-5-6(17-8)14(15)16/h5H,2-4H2,1H3,(H,10,12). The fourth-order valence-electron chi connectivity index (χ4n) is 1.15. The molecule has 2 rings (SSSR count). The first-order valence-corrected chi connectivity index (χ1v) is 7.99. The normalized spacial score (nSPS) is 10.6. The molecule has 0 aromatic carbocycles. The molecule has 0 radical (unpaired) electrons. The number of unbranched alkanes of at least 4 members (excludes halogenated alkanes) is 1. The first-order valence-electron chi connectivity index (χ1n) is 5.54. The van der Waals surface area contributed by atoms with Crippen LogP contribution in [0.1, 0.15) is 19.8 Å². The summed E-state index contributed by atoms with van der Waals surface area (Å²) < 4.78 is 1.33. The summed E-state index contributed by atoms with van der Waals surface area (Å²) in [7, 11) is 0. The van der Waals surface area contributed by atoms with Crippen LogP contribution in [0.25, 0.3) is 0 Å². The summed E-state index contributed by atoms with van der Waals surface area (Å²) >= 11 is 3.75. The van der Waals surface area contributed by atoms with E-state index in [4.69, 9.17) is 0 Å². The molecule has 0 saturated carbocycles. The Morgan fingerprint density at radius 1 is 1.42 bits per heavy atom. The fraction of sp³-hybridized carbons (Fsp3) is 0.444. The van der Waals surface area contributed by atoms with Crippen LogP contribution in [0.2, 0.25) is 0 Å². The molecule has 0 spiro atoms. The third-order valence-corrected chi connectivity index (χ3v) is 5.00. The van der Waals surface area contributed by atoms with Gasteiger partial charge < -0.3 is 5.32 Å². The SMILES string of the molecule is CCCCNc1nnc(Sc2ncc([N+](=O)[O-])s2)s1. The zero-order valence-electron chi connectivity index (χ0n) is 10.0. The second kappa shape index (κ2) is 6.78. The highest BCUT2D eigenvalue weighted by Gasteiger charge is 2.14. The number of anilines is 1. The Kier molecular flexibility index (Phi) is 5.05. The van der Waals surface area contributed by atoms with Crippen molar-refractivity contribution in [3.63, 3.8) is 0 Å². The monoisotopic (exact) mass is 317 g/mol. The summed E-state index contributed by atoms with van der Waals surface area (Å²) in [6.45, 7) is 3.00. The van der Waals surface area contributed by atoms with E-state index in [1.54, 1.807) is 0 Å². The van der Waals surface area contributed by atoms with E-state index in [9.17, 15) is 10.1 Å². The molecule has 0 amide bonds. The molecule has 2 heterocycles. The van der Waals surface area contributed by atoms with Gasteiger partial charge in [0, 0.05) is 6.54 Å². The van der Waals surface area contributed by atoms with Crippen LogP contribution < -0.4 is 5.32 Å². The Morgan fingerprint density at radius 3 is 2.95 bits per heavy atom. The highest BCUT2D eigenvalue weighted by molar-refractivity contribution is 8.02. The molecule has 0 aliphatic carbocycles. The highest BCUT2D eigenvalue weighted by atomic mass is 32.2. The van der Waals surface area contributed by atoms with Crippen molar-refractivity contribution < 1.29 is 4.92 Å². The first kappa shape index (κ1) is 14.2. The molecule has 0 aliphatic heterocycles. The zero-order valence-corrected chi connectivity index (χ0v) is 12.5. The molecule has 0 aliphatic rings. The van der Waals surface area contributed by atoms with Gasteiger partial charge in [-0.1, -0.05) is 24.7 Å². The summed E-state index contributed by atoms with van der Waals surface area (Å²) in [5.41, 5.74) is 0. The van der Waals surface area contributed by atoms with E-state index in [0.717, 1.165) is 40.2 Å². The van der Waals surface area contributed by atoms with E-state index in [1.165, 1.54) is 29.3 Å². The van der Waals surface area contributed by atoms with Crippen molar-refractivity contribution in [3.8, 4) is 0 Å². The summed E-state index contributed by atoms with van der Waals surface area (Å²) in [6, 6.07) is 0. The lowest BCUT2D eigenvalue weighted by Crippen LogP contribution is -1.99. The van der Waals surface area contributed by atoms with Gasteiger partial charge in [-0.2, -0.15) is 0 Å². The second-order valence-electron chi connectivity index (χ2n) is 3.48. The second-order valence-corrected chi connectivity index (χ2v) is 6.96. The first-order chi connectivity index (χ1) is 9.19. The van der Waals surface area contributed by atoms with Gasteiger partial charge in [-0.05, 0) is 29.5 Å². The molecular weight excluding hydrogens is 306 g/mol. The zero-order chi connectivity index (χ0) is 13.7. The number of nitrogens with zero attached hydrogens (tertiary/aromatic N) is 4. The molecule has 0 bridgehead atoms. The van der Waals surface area contributed by atoms with Gasteiger partial charge in [-0.3, -0.25) is 10.1 Å². The summed E-state index contributed by atoms with van der Waals surface area (Å²) in [6.07, 6.45) is 3.46. The smallest absolute Gasteiger partial charge is 0.344 e. The molecule has 2 aromatic heterocycles. The van der Waals surface area contributed by atoms with Crippen LogP contribution in [0.4, 0.5) is 10.1 Å². The van der Waals surface area contributed by atoms with E-state index < -0.39 is 4.92 Å². The molecule has 2 aromatic rings.